The molecule has 1 fully saturated rings. The molecule has 1 atom stereocenters. The molecule has 0 radical (unpaired) electrons. The molecule has 0 N–H and O–H groups in total. The highest BCUT2D eigenvalue weighted by Gasteiger charge is 2.37. The molecular weight excluding hydrogens is 234 g/mol. The standard InChI is InChI=1S/C13H21NO4/c1-4-13(2,3)10(15)11(16)14-8-6-5-7-9(14)12(17)18/h9H,4-8H2,1-3H3,(H,17,18)/p-1/t9-/m0/s1. The summed E-state index contributed by atoms with van der Waals surface area (Å²) in [5.74, 6) is -2.47. The van der Waals surface area contributed by atoms with E-state index in [4.69, 9.17) is 0 Å². The number of carbonyl (C=O) groups is 3. The Balaban J connectivity index is 2.87. The largest absolute Gasteiger partial charge is 0.548 e. The lowest BCUT2D eigenvalue weighted by Crippen LogP contribution is -2.56. The number of ketones is 1. The molecule has 1 rings (SSSR count). The van der Waals surface area contributed by atoms with Crippen molar-refractivity contribution in [3.63, 3.8) is 0 Å². The number of amides is 1. The lowest BCUT2D eigenvalue weighted by Gasteiger charge is -2.37. The summed E-state index contributed by atoms with van der Waals surface area (Å²) < 4.78 is 0. The molecular formula is C13H20NO4-. The number of carboxylic acids is 1. The van der Waals surface area contributed by atoms with E-state index in [1.54, 1.807) is 13.8 Å². The predicted molar refractivity (Wildman–Crippen MR) is 63.4 cm³/mol. The highest BCUT2D eigenvalue weighted by atomic mass is 16.4. The Morgan fingerprint density at radius 1 is 1.28 bits per heavy atom. The Morgan fingerprint density at radius 3 is 2.39 bits per heavy atom. The highest BCUT2D eigenvalue weighted by Crippen LogP contribution is 2.24. The molecule has 0 aromatic heterocycles. The van der Waals surface area contributed by atoms with E-state index in [1.165, 1.54) is 4.90 Å². The molecule has 1 saturated heterocycles. The van der Waals surface area contributed by atoms with Gasteiger partial charge >= 0.3 is 0 Å². The van der Waals surface area contributed by atoms with Gasteiger partial charge in [-0.2, -0.15) is 0 Å². The van der Waals surface area contributed by atoms with Crippen molar-refractivity contribution in [2.75, 3.05) is 6.54 Å². The molecule has 0 aromatic rings. The third-order valence-corrected chi connectivity index (χ3v) is 3.73. The molecule has 1 aliphatic rings. The van der Waals surface area contributed by atoms with Crippen LogP contribution in [0.5, 0.6) is 0 Å². The van der Waals surface area contributed by atoms with Gasteiger partial charge in [0.05, 0.1) is 12.0 Å². The molecule has 102 valence electrons. The fourth-order valence-corrected chi connectivity index (χ4v) is 2.00. The van der Waals surface area contributed by atoms with Crippen LogP contribution in [0.2, 0.25) is 0 Å². The van der Waals surface area contributed by atoms with Crippen LogP contribution in [0.4, 0.5) is 0 Å². The predicted octanol–water partition coefficient (Wildman–Crippen LogP) is 0.123. The van der Waals surface area contributed by atoms with E-state index in [2.05, 4.69) is 0 Å². The van der Waals surface area contributed by atoms with E-state index in [-0.39, 0.29) is 0 Å². The number of hydrogen-bond acceptors (Lipinski definition) is 4. The van der Waals surface area contributed by atoms with E-state index < -0.39 is 29.1 Å². The van der Waals surface area contributed by atoms with E-state index in [1.807, 2.05) is 6.92 Å². The number of nitrogens with zero attached hydrogens (tertiary/aromatic N) is 1. The van der Waals surface area contributed by atoms with Gasteiger partial charge in [-0.25, -0.2) is 0 Å². The van der Waals surface area contributed by atoms with Gasteiger partial charge in [-0.3, -0.25) is 9.59 Å². The van der Waals surface area contributed by atoms with Gasteiger partial charge in [-0.05, 0) is 25.7 Å². The quantitative estimate of drug-likeness (QED) is 0.668. The van der Waals surface area contributed by atoms with Crippen LogP contribution in [-0.2, 0) is 14.4 Å². The first-order chi connectivity index (χ1) is 8.31. The molecule has 0 bridgehead atoms. The third kappa shape index (κ3) is 2.89. The third-order valence-electron chi connectivity index (χ3n) is 3.73. The number of rotatable bonds is 4. The Bertz CT molecular complexity index is 362. The first-order valence-corrected chi connectivity index (χ1v) is 6.37. The number of hydrogen-bond donors (Lipinski definition) is 0. The van der Waals surface area contributed by atoms with Gasteiger partial charge in [0.1, 0.15) is 0 Å². The summed E-state index contributed by atoms with van der Waals surface area (Å²) in [4.78, 5) is 36.3. The summed E-state index contributed by atoms with van der Waals surface area (Å²) in [5, 5.41) is 11.0. The number of carbonyl (C=O) groups excluding carboxylic acids is 3. The first-order valence-electron chi connectivity index (χ1n) is 6.37. The van der Waals surface area contributed by atoms with Crippen LogP contribution in [0.3, 0.4) is 0 Å². The van der Waals surface area contributed by atoms with Crippen LogP contribution >= 0.6 is 0 Å². The second kappa shape index (κ2) is 5.50. The molecule has 0 saturated carbocycles. The first kappa shape index (κ1) is 14.7. The van der Waals surface area contributed by atoms with Crippen molar-refractivity contribution in [2.45, 2.75) is 52.5 Å². The molecule has 0 unspecified atom stereocenters. The van der Waals surface area contributed by atoms with Gasteiger partial charge in [-0.1, -0.05) is 20.8 Å². The molecule has 5 nitrogen and oxygen atoms in total. The molecule has 1 heterocycles. The molecule has 0 spiro atoms. The lowest BCUT2D eigenvalue weighted by molar-refractivity contribution is -0.312. The smallest absolute Gasteiger partial charge is 0.291 e. The minimum atomic E-state index is -1.27. The Morgan fingerprint density at radius 2 is 1.89 bits per heavy atom. The van der Waals surface area contributed by atoms with Crippen LogP contribution in [-0.4, -0.2) is 35.1 Å². The van der Waals surface area contributed by atoms with Crippen molar-refractivity contribution in [1.82, 2.24) is 4.90 Å². The monoisotopic (exact) mass is 254 g/mol. The summed E-state index contributed by atoms with van der Waals surface area (Å²) in [6.07, 6.45) is 2.39. The fraction of sp³-hybridized carbons (Fsp3) is 0.769. The molecule has 1 aliphatic heterocycles. The van der Waals surface area contributed by atoms with Gasteiger partial charge in [-0.15, -0.1) is 0 Å². The van der Waals surface area contributed by atoms with Crippen molar-refractivity contribution in [3.05, 3.63) is 0 Å². The second-order valence-electron chi connectivity index (χ2n) is 5.40. The lowest BCUT2D eigenvalue weighted by atomic mass is 9.84. The van der Waals surface area contributed by atoms with E-state index in [9.17, 15) is 19.5 Å². The average molecular weight is 254 g/mol. The second-order valence-corrected chi connectivity index (χ2v) is 5.40. The van der Waals surface area contributed by atoms with Gasteiger partial charge in [0.25, 0.3) is 5.91 Å². The Kier molecular flexibility index (Phi) is 4.48. The maximum Gasteiger partial charge on any atom is 0.291 e. The summed E-state index contributed by atoms with van der Waals surface area (Å²) >= 11 is 0. The highest BCUT2D eigenvalue weighted by molar-refractivity contribution is 6.38. The Hall–Kier alpha value is -1.39. The minimum Gasteiger partial charge on any atom is -0.548 e. The van der Waals surface area contributed by atoms with Crippen molar-refractivity contribution in [1.29, 1.82) is 0 Å². The fourth-order valence-electron chi connectivity index (χ4n) is 2.00. The van der Waals surface area contributed by atoms with Gasteiger partial charge < -0.3 is 14.8 Å². The zero-order chi connectivity index (χ0) is 13.9. The van der Waals surface area contributed by atoms with Crippen molar-refractivity contribution in [2.24, 2.45) is 5.41 Å². The van der Waals surface area contributed by atoms with Crippen molar-refractivity contribution < 1.29 is 19.5 Å². The maximum atomic E-state index is 12.1. The van der Waals surface area contributed by atoms with Gasteiger partial charge in [0.2, 0.25) is 5.78 Å². The van der Waals surface area contributed by atoms with Gasteiger partial charge in [0.15, 0.2) is 0 Å². The SMILES string of the molecule is CCC(C)(C)C(=O)C(=O)N1CCCC[C@H]1C(=O)[O-]. The number of likely N-dealkylation sites (tertiary alicyclic amines) is 1. The maximum absolute atomic E-state index is 12.1. The van der Waals surface area contributed by atoms with E-state index in [0.29, 0.717) is 19.4 Å². The van der Waals surface area contributed by atoms with E-state index >= 15 is 0 Å². The molecule has 1 amide bonds. The van der Waals surface area contributed by atoms with Crippen molar-refractivity contribution in [3.8, 4) is 0 Å². The summed E-state index contributed by atoms with van der Waals surface area (Å²) in [5.41, 5.74) is -0.745. The molecule has 0 aliphatic carbocycles. The number of aliphatic carboxylic acids is 1. The zero-order valence-corrected chi connectivity index (χ0v) is 11.2. The molecule has 5 heteroatoms. The van der Waals surface area contributed by atoms with Crippen LogP contribution in [0.15, 0.2) is 0 Å². The minimum absolute atomic E-state index is 0.322. The summed E-state index contributed by atoms with van der Waals surface area (Å²) in [6, 6.07) is -0.956. The van der Waals surface area contributed by atoms with Crippen molar-refractivity contribution >= 4 is 17.7 Å². The number of Topliss-reactive ketones (excluding diaryl/α,β-unsaturated/α-hetero) is 1. The normalized spacial score (nSPS) is 20.6. The van der Waals surface area contributed by atoms with Crippen LogP contribution in [0.25, 0.3) is 0 Å². The topological polar surface area (TPSA) is 77.5 Å². The Labute approximate surface area is 107 Å². The molecule has 18 heavy (non-hydrogen) atoms. The zero-order valence-electron chi connectivity index (χ0n) is 11.2. The van der Waals surface area contributed by atoms with E-state index in [0.717, 1.165) is 12.8 Å². The number of piperidine rings is 1. The summed E-state index contributed by atoms with van der Waals surface area (Å²) in [6.45, 7) is 5.55. The van der Waals surface area contributed by atoms with Crippen LogP contribution in [0, 0.1) is 5.41 Å². The summed E-state index contributed by atoms with van der Waals surface area (Å²) in [7, 11) is 0. The molecule has 0 aromatic carbocycles. The average Bonchev–Trinajstić information content (AvgIpc) is 2.36. The van der Waals surface area contributed by atoms with Crippen LogP contribution in [0.1, 0.15) is 46.5 Å². The van der Waals surface area contributed by atoms with Crippen LogP contribution < -0.4 is 5.11 Å². The number of carboxylic acid groups (broad SMARTS) is 1. The van der Waals surface area contributed by atoms with Gasteiger partial charge in [0, 0.05) is 12.0 Å².